The van der Waals surface area contributed by atoms with Crippen LogP contribution in [-0.2, 0) is 6.42 Å². The van der Waals surface area contributed by atoms with Gasteiger partial charge in [0.15, 0.2) is 0 Å². The summed E-state index contributed by atoms with van der Waals surface area (Å²) in [6, 6.07) is 9.99. The Bertz CT molecular complexity index is 365. The van der Waals surface area contributed by atoms with Gasteiger partial charge in [0.2, 0.25) is 0 Å². The highest BCUT2D eigenvalue weighted by atomic mass is 16.3. The summed E-state index contributed by atoms with van der Waals surface area (Å²) in [5, 5.41) is 12.9. The van der Waals surface area contributed by atoms with Gasteiger partial charge in [-0.25, -0.2) is 0 Å². The average Bonchev–Trinajstić information content (AvgIpc) is 2.48. The van der Waals surface area contributed by atoms with Crippen LogP contribution >= 0.6 is 0 Å². The first-order valence-corrected chi connectivity index (χ1v) is 7.68. The molecular weight excluding hydrogens is 234 g/mol. The minimum absolute atomic E-state index is 0.362. The third kappa shape index (κ3) is 4.05. The van der Waals surface area contributed by atoms with Crippen LogP contribution in [0.3, 0.4) is 0 Å². The number of aliphatic hydroxyl groups is 1. The van der Waals surface area contributed by atoms with E-state index in [2.05, 4.69) is 43.4 Å². The summed E-state index contributed by atoms with van der Waals surface area (Å²) in [5.41, 5.74) is 2.78. The second kappa shape index (κ2) is 7.06. The maximum atomic E-state index is 9.17. The largest absolute Gasteiger partial charge is 0.396 e. The zero-order chi connectivity index (χ0) is 13.7. The fourth-order valence-electron chi connectivity index (χ4n) is 3.00. The molecule has 1 saturated carbocycles. The summed E-state index contributed by atoms with van der Waals surface area (Å²) in [6.45, 7) is 4.80. The molecule has 0 bridgehead atoms. The number of rotatable bonds is 5. The lowest BCUT2D eigenvalue weighted by molar-refractivity contribution is 0.172. The SMILES string of the molecule is CCc1ccc(C(C)NC2CCC(CO)CC2)cc1. The molecular formula is C17H27NO. The first-order valence-electron chi connectivity index (χ1n) is 7.68. The van der Waals surface area contributed by atoms with E-state index in [1.165, 1.54) is 24.0 Å². The van der Waals surface area contributed by atoms with Crippen LogP contribution in [0.4, 0.5) is 0 Å². The maximum absolute atomic E-state index is 9.17. The van der Waals surface area contributed by atoms with Crippen molar-refractivity contribution in [1.82, 2.24) is 5.32 Å². The van der Waals surface area contributed by atoms with Gasteiger partial charge in [0.1, 0.15) is 0 Å². The molecule has 2 nitrogen and oxygen atoms in total. The zero-order valence-electron chi connectivity index (χ0n) is 12.2. The van der Waals surface area contributed by atoms with E-state index in [9.17, 15) is 0 Å². The number of hydrogen-bond acceptors (Lipinski definition) is 2. The molecule has 19 heavy (non-hydrogen) atoms. The van der Waals surface area contributed by atoms with Crippen molar-refractivity contribution >= 4 is 0 Å². The van der Waals surface area contributed by atoms with Crippen LogP contribution in [0.2, 0.25) is 0 Å². The molecule has 1 unspecified atom stereocenters. The second-order valence-electron chi connectivity index (χ2n) is 5.88. The fraction of sp³-hybridized carbons (Fsp3) is 0.647. The van der Waals surface area contributed by atoms with Crippen LogP contribution in [-0.4, -0.2) is 17.8 Å². The Balaban J connectivity index is 1.85. The fourth-order valence-corrected chi connectivity index (χ4v) is 3.00. The maximum Gasteiger partial charge on any atom is 0.0459 e. The van der Waals surface area contributed by atoms with Gasteiger partial charge in [-0.1, -0.05) is 31.2 Å². The van der Waals surface area contributed by atoms with Crippen molar-refractivity contribution in [3.63, 3.8) is 0 Å². The van der Waals surface area contributed by atoms with E-state index in [1.54, 1.807) is 0 Å². The lowest BCUT2D eigenvalue weighted by Crippen LogP contribution is -2.35. The predicted molar refractivity (Wildman–Crippen MR) is 80.2 cm³/mol. The minimum atomic E-state index is 0.362. The van der Waals surface area contributed by atoms with Crippen LogP contribution in [0, 0.1) is 5.92 Å². The number of aryl methyl sites for hydroxylation is 1. The highest BCUT2D eigenvalue weighted by Gasteiger charge is 2.21. The second-order valence-corrected chi connectivity index (χ2v) is 5.88. The van der Waals surface area contributed by atoms with Crippen molar-refractivity contribution in [2.45, 2.75) is 58.0 Å². The Hall–Kier alpha value is -0.860. The van der Waals surface area contributed by atoms with Gasteiger partial charge in [-0.2, -0.15) is 0 Å². The molecule has 1 fully saturated rings. The van der Waals surface area contributed by atoms with Crippen LogP contribution < -0.4 is 5.32 Å². The predicted octanol–water partition coefficient (Wildman–Crippen LogP) is 3.45. The molecule has 1 aromatic carbocycles. The highest BCUT2D eigenvalue weighted by molar-refractivity contribution is 5.24. The molecule has 1 aromatic rings. The summed E-state index contributed by atoms with van der Waals surface area (Å²) in [7, 11) is 0. The molecule has 106 valence electrons. The lowest BCUT2D eigenvalue weighted by Gasteiger charge is -2.30. The van der Waals surface area contributed by atoms with Gasteiger partial charge < -0.3 is 10.4 Å². The van der Waals surface area contributed by atoms with E-state index >= 15 is 0 Å². The molecule has 1 aliphatic carbocycles. The van der Waals surface area contributed by atoms with Gasteiger partial charge in [0.25, 0.3) is 0 Å². The van der Waals surface area contributed by atoms with Gasteiger partial charge in [0, 0.05) is 18.7 Å². The molecule has 0 amide bonds. The van der Waals surface area contributed by atoms with E-state index < -0.39 is 0 Å². The summed E-state index contributed by atoms with van der Waals surface area (Å²) in [5.74, 6) is 0.539. The Morgan fingerprint density at radius 1 is 1.16 bits per heavy atom. The third-order valence-corrected chi connectivity index (χ3v) is 4.48. The standard InChI is InChI=1S/C17H27NO/c1-3-14-4-8-16(9-5-14)13(2)18-17-10-6-15(12-19)7-11-17/h4-5,8-9,13,15,17-19H,3,6-7,10-12H2,1-2H3. The number of nitrogens with one attached hydrogen (secondary N) is 1. The smallest absolute Gasteiger partial charge is 0.0459 e. The molecule has 0 saturated heterocycles. The van der Waals surface area contributed by atoms with Gasteiger partial charge in [0.05, 0.1) is 0 Å². The van der Waals surface area contributed by atoms with Crippen molar-refractivity contribution < 1.29 is 5.11 Å². The van der Waals surface area contributed by atoms with Crippen LogP contribution in [0.15, 0.2) is 24.3 Å². The molecule has 0 aromatic heterocycles. The van der Waals surface area contributed by atoms with Crippen LogP contribution in [0.5, 0.6) is 0 Å². The number of hydrogen-bond donors (Lipinski definition) is 2. The monoisotopic (exact) mass is 261 g/mol. The molecule has 0 spiro atoms. The Morgan fingerprint density at radius 2 is 1.79 bits per heavy atom. The van der Waals surface area contributed by atoms with E-state index in [0.29, 0.717) is 24.6 Å². The van der Waals surface area contributed by atoms with Gasteiger partial charge in [-0.3, -0.25) is 0 Å². The lowest BCUT2D eigenvalue weighted by atomic mass is 9.86. The minimum Gasteiger partial charge on any atom is -0.396 e. The summed E-state index contributed by atoms with van der Waals surface area (Å²) in [4.78, 5) is 0. The molecule has 2 N–H and O–H groups in total. The Labute approximate surface area is 117 Å². The number of aliphatic hydroxyl groups excluding tert-OH is 1. The van der Waals surface area contributed by atoms with E-state index in [0.717, 1.165) is 19.3 Å². The summed E-state index contributed by atoms with van der Waals surface area (Å²) >= 11 is 0. The third-order valence-electron chi connectivity index (χ3n) is 4.48. The number of benzene rings is 1. The van der Waals surface area contributed by atoms with Crippen molar-refractivity contribution in [1.29, 1.82) is 0 Å². The molecule has 0 aliphatic heterocycles. The quantitative estimate of drug-likeness (QED) is 0.851. The molecule has 1 aliphatic rings. The first-order chi connectivity index (χ1) is 9.22. The Morgan fingerprint density at radius 3 is 2.32 bits per heavy atom. The van der Waals surface area contributed by atoms with E-state index in [-0.39, 0.29) is 0 Å². The first kappa shape index (κ1) is 14.5. The summed E-state index contributed by atoms with van der Waals surface area (Å²) in [6.07, 6.45) is 5.82. The van der Waals surface area contributed by atoms with Crippen LogP contribution in [0.25, 0.3) is 0 Å². The zero-order valence-corrected chi connectivity index (χ0v) is 12.2. The molecule has 1 atom stereocenters. The summed E-state index contributed by atoms with van der Waals surface area (Å²) < 4.78 is 0. The molecule has 0 heterocycles. The van der Waals surface area contributed by atoms with E-state index in [4.69, 9.17) is 5.11 Å². The topological polar surface area (TPSA) is 32.3 Å². The molecule has 2 heteroatoms. The van der Waals surface area contributed by atoms with E-state index in [1.807, 2.05) is 0 Å². The Kier molecular flexibility index (Phi) is 5.41. The van der Waals surface area contributed by atoms with Gasteiger partial charge in [-0.05, 0) is 56.1 Å². The van der Waals surface area contributed by atoms with Crippen molar-refractivity contribution in [2.75, 3.05) is 6.61 Å². The molecule has 2 rings (SSSR count). The van der Waals surface area contributed by atoms with Crippen molar-refractivity contribution in [2.24, 2.45) is 5.92 Å². The normalized spacial score (nSPS) is 25.2. The van der Waals surface area contributed by atoms with Gasteiger partial charge in [-0.15, -0.1) is 0 Å². The molecule has 0 radical (unpaired) electrons. The average molecular weight is 261 g/mol. The van der Waals surface area contributed by atoms with Gasteiger partial charge >= 0.3 is 0 Å². The van der Waals surface area contributed by atoms with Crippen molar-refractivity contribution in [3.8, 4) is 0 Å². The highest BCUT2D eigenvalue weighted by Crippen LogP contribution is 2.25. The van der Waals surface area contributed by atoms with Crippen molar-refractivity contribution in [3.05, 3.63) is 35.4 Å². The van der Waals surface area contributed by atoms with Crippen LogP contribution in [0.1, 0.15) is 56.7 Å².